The topological polar surface area (TPSA) is 84.9 Å². The monoisotopic (exact) mass is 418 g/mol. The molecule has 0 fully saturated rings. The predicted molar refractivity (Wildman–Crippen MR) is 112 cm³/mol. The minimum Gasteiger partial charge on any atom is -0.486 e. The Morgan fingerprint density at radius 1 is 1.17 bits per heavy atom. The fourth-order valence-electron chi connectivity index (χ4n) is 3.21. The smallest absolute Gasteiger partial charge is 0.243 e. The molecule has 0 aliphatic carbocycles. The van der Waals surface area contributed by atoms with Crippen molar-refractivity contribution in [3.63, 3.8) is 0 Å². The van der Waals surface area contributed by atoms with Crippen molar-refractivity contribution in [2.24, 2.45) is 0 Å². The number of fused-ring (bicyclic) bond motifs is 1. The largest absolute Gasteiger partial charge is 0.486 e. The van der Waals surface area contributed by atoms with Crippen LogP contribution in [0.3, 0.4) is 0 Å². The van der Waals surface area contributed by atoms with Gasteiger partial charge in [0, 0.05) is 0 Å². The SMILES string of the molecule is CCc1ccc(N(C(C)C(=O)NCC2COc3ccccc3O2)S(C)(=O)=O)cc1. The standard InChI is InChI=1S/C21H26N2O5S/c1-4-16-9-11-17(12-10-16)23(29(3,25)26)15(2)21(24)22-13-18-14-27-19-7-5-6-8-20(19)28-18/h5-12,15,18H,4,13-14H2,1-3H3,(H,22,24). The fraction of sp³-hybridized carbons (Fsp3) is 0.381. The van der Waals surface area contributed by atoms with E-state index >= 15 is 0 Å². The zero-order valence-electron chi connectivity index (χ0n) is 16.8. The summed E-state index contributed by atoms with van der Waals surface area (Å²) in [7, 11) is -3.65. The Morgan fingerprint density at radius 3 is 2.45 bits per heavy atom. The second-order valence-corrected chi connectivity index (χ2v) is 8.86. The van der Waals surface area contributed by atoms with Crippen LogP contribution >= 0.6 is 0 Å². The van der Waals surface area contributed by atoms with E-state index in [0.29, 0.717) is 23.8 Å². The van der Waals surface area contributed by atoms with Gasteiger partial charge in [-0.25, -0.2) is 8.42 Å². The molecule has 1 N–H and O–H groups in total. The summed E-state index contributed by atoms with van der Waals surface area (Å²) in [5.41, 5.74) is 1.55. The number of carbonyl (C=O) groups is 1. The number of benzene rings is 2. The van der Waals surface area contributed by atoms with E-state index in [2.05, 4.69) is 5.32 Å². The highest BCUT2D eigenvalue weighted by atomic mass is 32.2. The van der Waals surface area contributed by atoms with E-state index in [1.165, 1.54) is 0 Å². The van der Waals surface area contributed by atoms with Gasteiger partial charge in [0.25, 0.3) is 0 Å². The summed E-state index contributed by atoms with van der Waals surface area (Å²) in [6.45, 7) is 4.11. The number of anilines is 1. The fourth-order valence-corrected chi connectivity index (χ4v) is 4.39. The molecule has 1 amide bonds. The Morgan fingerprint density at radius 2 is 1.83 bits per heavy atom. The van der Waals surface area contributed by atoms with Crippen LogP contribution in [0.4, 0.5) is 5.69 Å². The third kappa shape index (κ3) is 5.00. The lowest BCUT2D eigenvalue weighted by Gasteiger charge is -2.30. The quantitative estimate of drug-likeness (QED) is 0.746. The molecule has 0 saturated heterocycles. The number of rotatable bonds is 7. The van der Waals surface area contributed by atoms with Gasteiger partial charge in [-0.05, 0) is 43.2 Å². The Bertz CT molecular complexity index is 959. The minimum atomic E-state index is -3.65. The number of para-hydroxylation sites is 2. The number of aryl methyl sites for hydroxylation is 1. The minimum absolute atomic E-state index is 0.212. The lowest BCUT2D eigenvalue weighted by atomic mass is 10.1. The van der Waals surface area contributed by atoms with Crippen molar-refractivity contribution in [2.75, 3.05) is 23.7 Å². The molecule has 2 aromatic rings. The average Bonchev–Trinajstić information content (AvgIpc) is 2.71. The van der Waals surface area contributed by atoms with Gasteiger partial charge in [-0.3, -0.25) is 9.10 Å². The highest BCUT2D eigenvalue weighted by Gasteiger charge is 2.30. The molecule has 0 radical (unpaired) electrons. The van der Waals surface area contributed by atoms with E-state index in [1.807, 2.05) is 37.3 Å². The number of ether oxygens (including phenoxy) is 2. The van der Waals surface area contributed by atoms with Gasteiger partial charge in [-0.15, -0.1) is 0 Å². The molecular weight excluding hydrogens is 392 g/mol. The number of sulfonamides is 1. The summed E-state index contributed by atoms with van der Waals surface area (Å²) in [6, 6.07) is 13.6. The van der Waals surface area contributed by atoms with Crippen LogP contribution in [0.5, 0.6) is 11.5 Å². The van der Waals surface area contributed by atoms with Gasteiger partial charge in [-0.2, -0.15) is 0 Å². The van der Waals surface area contributed by atoms with Gasteiger partial charge in [0.15, 0.2) is 11.5 Å². The molecule has 0 saturated carbocycles. The lowest BCUT2D eigenvalue weighted by Crippen LogP contribution is -2.50. The maximum absolute atomic E-state index is 12.7. The lowest BCUT2D eigenvalue weighted by molar-refractivity contribution is -0.122. The molecule has 156 valence electrons. The van der Waals surface area contributed by atoms with Crippen LogP contribution in [-0.2, 0) is 21.2 Å². The molecule has 2 unspecified atom stereocenters. The summed E-state index contributed by atoms with van der Waals surface area (Å²) >= 11 is 0. The normalized spacial score (nSPS) is 16.7. The molecule has 3 rings (SSSR count). The summed E-state index contributed by atoms with van der Waals surface area (Å²) in [5, 5.41) is 2.78. The Kier molecular flexibility index (Phi) is 6.32. The molecule has 0 spiro atoms. The van der Waals surface area contributed by atoms with Crippen molar-refractivity contribution in [2.45, 2.75) is 32.4 Å². The maximum atomic E-state index is 12.7. The van der Waals surface area contributed by atoms with E-state index < -0.39 is 22.0 Å². The van der Waals surface area contributed by atoms with Crippen LogP contribution in [0.1, 0.15) is 19.4 Å². The molecular formula is C21H26N2O5S. The predicted octanol–water partition coefficient (Wildman–Crippen LogP) is 2.36. The Labute approximate surface area is 171 Å². The van der Waals surface area contributed by atoms with Crippen molar-refractivity contribution < 1.29 is 22.7 Å². The molecule has 1 aliphatic heterocycles. The molecule has 1 heterocycles. The van der Waals surface area contributed by atoms with Crippen LogP contribution in [0, 0.1) is 0 Å². The van der Waals surface area contributed by atoms with Crippen LogP contribution < -0.4 is 19.1 Å². The first kappa shape index (κ1) is 21.0. The van der Waals surface area contributed by atoms with Crippen LogP contribution in [0.2, 0.25) is 0 Å². The van der Waals surface area contributed by atoms with Crippen LogP contribution in [0.25, 0.3) is 0 Å². The number of amides is 1. The van der Waals surface area contributed by atoms with Crippen LogP contribution in [-0.4, -0.2) is 45.9 Å². The first-order chi connectivity index (χ1) is 13.8. The zero-order valence-corrected chi connectivity index (χ0v) is 17.6. The second-order valence-electron chi connectivity index (χ2n) is 7.00. The van der Waals surface area contributed by atoms with Crippen molar-refractivity contribution in [1.82, 2.24) is 5.32 Å². The third-order valence-corrected chi connectivity index (χ3v) is 6.00. The van der Waals surface area contributed by atoms with Crippen molar-refractivity contribution >= 4 is 21.6 Å². The third-order valence-electron chi connectivity index (χ3n) is 4.76. The van der Waals surface area contributed by atoms with Crippen LogP contribution in [0.15, 0.2) is 48.5 Å². The number of hydrogen-bond donors (Lipinski definition) is 1. The van der Waals surface area contributed by atoms with E-state index in [0.717, 1.165) is 22.5 Å². The number of hydrogen-bond acceptors (Lipinski definition) is 5. The molecule has 2 aromatic carbocycles. The van der Waals surface area contributed by atoms with Gasteiger partial charge in [-0.1, -0.05) is 31.2 Å². The van der Waals surface area contributed by atoms with Gasteiger partial charge in [0.1, 0.15) is 18.8 Å². The maximum Gasteiger partial charge on any atom is 0.243 e. The van der Waals surface area contributed by atoms with Crippen molar-refractivity contribution in [3.8, 4) is 11.5 Å². The average molecular weight is 419 g/mol. The first-order valence-electron chi connectivity index (χ1n) is 9.54. The summed E-state index contributed by atoms with van der Waals surface area (Å²) < 4.78 is 37.4. The molecule has 1 aliphatic rings. The van der Waals surface area contributed by atoms with Gasteiger partial charge in [0.05, 0.1) is 18.5 Å². The Balaban J connectivity index is 1.66. The molecule has 7 nitrogen and oxygen atoms in total. The second kappa shape index (κ2) is 8.73. The summed E-state index contributed by atoms with van der Waals surface area (Å²) in [5.74, 6) is 0.888. The van der Waals surface area contributed by atoms with E-state index in [9.17, 15) is 13.2 Å². The van der Waals surface area contributed by atoms with E-state index in [-0.39, 0.29) is 12.6 Å². The number of carbonyl (C=O) groups excluding carboxylic acids is 1. The van der Waals surface area contributed by atoms with Gasteiger partial charge in [0.2, 0.25) is 15.9 Å². The summed E-state index contributed by atoms with van der Waals surface area (Å²) in [6.07, 6.45) is 1.60. The highest BCUT2D eigenvalue weighted by molar-refractivity contribution is 7.92. The first-order valence-corrected chi connectivity index (χ1v) is 11.4. The molecule has 29 heavy (non-hydrogen) atoms. The van der Waals surface area contributed by atoms with E-state index in [4.69, 9.17) is 9.47 Å². The van der Waals surface area contributed by atoms with Crippen molar-refractivity contribution in [1.29, 1.82) is 0 Å². The molecule has 0 bridgehead atoms. The van der Waals surface area contributed by atoms with Gasteiger partial charge < -0.3 is 14.8 Å². The molecule has 0 aromatic heterocycles. The van der Waals surface area contributed by atoms with Gasteiger partial charge >= 0.3 is 0 Å². The summed E-state index contributed by atoms with van der Waals surface area (Å²) in [4.78, 5) is 12.7. The highest BCUT2D eigenvalue weighted by Crippen LogP contribution is 2.30. The number of nitrogens with one attached hydrogen (secondary N) is 1. The number of nitrogens with zero attached hydrogens (tertiary/aromatic N) is 1. The molecule has 8 heteroatoms. The molecule has 2 atom stereocenters. The Hall–Kier alpha value is -2.74. The van der Waals surface area contributed by atoms with E-state index in [1.54, 1.807) is 25.1 Å². The zero-order chi connectivity index (χ0) is 21.0. The van der Waals surface area contributed by atoms with Crippen molar-refractivity contribution in [3.05, 3.63) is 54.1 Å².